The zero-order valence-electron chi connectivity index (χ0n) is 13.5. The monoisotopic (exact) mass is 328 g/mol. The van der Waals surface area contributed by atoms with E-state index in [1.54, 1.807) is 36.5 Å². The molecule has 0 radical (unpaired) electrons. The van der Waals surface area contributed by atoms with Crippen LogP contribution < -0.4 is 5.32 Å². The van der Waals surface area contributed by atoms with E-state index >= 15 is 0 Å². The second kappa shape index (κ2) is 8.02. The van der Waals surface area contributed by atoms with Crippen molar-refractivity contribution < 1.29 is 13.9 Å². The zero-order valence-corrected chi connectivity index (χ0v) is 13.5. The van der Waals surface area contributed by atoms with E-state index < -0.39 is 0 Å². The van der Waals surface area contributed by atoms with Gasteiger partial charge in [-0.15, -0.1) is 0 Å². The van der Waals surface area contributed by atoms with E-state index in [4.69, 9.17) is 4.74 Å². The number of nitrogens with one attached hydrogen (secondary N) is 1. The van der Waals surface area contributed by atoms with Gasteiger partial charge in [0.05, 0.1) is 5.56 Å². The summed E-state index contributed by atoms with van der Waals surface area (Å²) in [6, 6.07) is 10.2. The van der Waals surface area contributed by atoms with Crippen LogP contribution in [0.5, 0.6) is 0 Å². The number of amides is 1. The van der Waals surface area contributed by atoms with Crippen LogP contribution in [0.3, 0.4) is 0 Å². The molecule has 1 saturated heterocycles. The molecule has 4 nitrogen and oxygen atoms in total. The molecule has 5 heteroatoms. The van der Waals surface area contributed by atoms with Crippen LogP contribution in [0.15, 0.2) is 42.6 Å². The molecule has 126 valence electrons. The van der Waals surface area contributed by atoms with Crippen LogP contribution in [-0.4, -0.2) is 30.6 Å². The summed E-state index contributed by atoms with van der Waals surface area (Å²) in [5.74, 6) is 0.125. The van der Waals surface area contributed by atoms with Gasteiger partial charge in [-0.25, -0.2) is 4.39 Å². The first kappa shape index (κ1) is 16.6. The number of pyridine rings is 1. The van der Waals surface area contributed by atoms with E-state index in [1.165, 1.54) is 6.07 Å². The number of aromatic nitrogens is 1. The fourth-order valence-electron chi connectivity index (χ4n) is 2.79. The largest absolute Gasteiger partial charge is 0.381 e. The van der Waals surface area contributed by atoms with Gasteiger partial charge in [0.25, 0.3) is 5.91 Å². The van der Waals surface area contributed by atoms with Crippen LogP contribution >= 0.6 is 0 Å². The summed E-state index contributed by atoms with van der Waals surface area (Å²) in [6.07, 6.45) is 3.94. The summed E-state index contributed by atoms with van der Waals surface area (Å²) in [5.41, 5.74) is 1.86. The lowest BCUT2D eigenvalue weighted by Gasteiger charge is -2.22. The SMILES string of the molecule is O=C(NCC1CCOCC1)c1ccc(Cc2ccccc2F)nc1. The van der Waals surface area contributed by atoms with E-state index in [9.17, 15) is 9.18 Å². The quantitative estimate of drug-likeness (QED) is 0.918. The fourth-order valence-corrected chi connectivity index (χ4v) is 2.79. The molecule has 0 bridgehead atoms. The van der Waals surface area contributed by atoms with Crippen molar-refractivity contribution in [2.45, 2.75) is 19.3 Å². The molecule has 1 aromatic heterocycles. The van der Waals surface area contributed by atoms with Crippen LogP contribution in [0.25, 0.3) is 0 Å². The maximum Gasteiger partial charge on any atom is 0.252 e. The molecule has 3 rings (SSSR count). The van der Waals surface area contributed by atoms with Gasteiger partial charge in [0.2, 0.25) is 0 Å². The number of halogens is 1. The Labute approximate surface area is 141 Å². The number of hydrogen-bond donors (Lipinski definition) is 1. The normalized spacial score (nSPS) is 15.2. The fraction of sp³-hybridized carbons (Fsp3) is 0.368. The lowest BCUT2D eigenvalue weighted by Crippen LogP contribution is -2.32. The van der Waals surface area contributed by atoms with E-state index in [-0.39, 0.29) is 11.7 Å². The maximum absolute atomic E-state index is 13.7. The van der Waals surface area contributed by atoms with Gasteiger partial charge >= 0.3 is 0 Å². The smallest absolute Gasteiger partial charge is 0.252 e. The highest BCUT2D eigenvalue weighted by atomic mass is 19.1. The summed E-state index contributed by atoms with van der Waals surface area (Å²) in [4.78, 5) is 16.5. The van der Waals surface area contributed by atoms with Crippen molar-refractivity contribution in [3.05, 3.63) is 65.2 Å². The minimum absolute atomic E-state index is 0.119. The van der Waals surface area contributed by atoms with Crippen molar-refractivity contribution in [2.75, 3.05) is 19.8 Å². The van der Waals surface area contributed by atoms with Gasteiger partial charge in [-0.2, -0.15) is 0 Å². The zero-order chi connectivity index (χ0) is 16.8. The molecule has 1 fully saturated rings. The summed E-state index contributed by atoms with van der Waals surface area (Å²) in [7, 11) is 0. The standard InChI is InChI=1S/C19H21FN2O2/c20-18-4-2-1-3-15(18)11-17-6-5-16(13-21-17)19(23)22-12-14-7-9-24-10-8-14/h1-6,13-14H,7-12H2,(H,22,23). The second-order valence-electron chi connectivity index (χ2n) is 6.07. The van der Waals surface area contributed by atoms with Crippen molar-refractivity contribution in [2.24, 2.45) is 5.92 Å². The van der Waals surface area contributed by atoms with Crippen molar-refractivity contribution >= 4 is 5.91 Å². The van der Waals surface area contributed by atoms with E-state index in [1.807, 2.05) is 0 Å². The molecule has 0 atom stereocenters. The first-order valence-electron chi connectivity index (χ1n) is 8.26. The van der Waals surface area contributed by atoms with Gasteiger partial charge in [0, 0.05) is 38.1 Å². The first-order valence-corrected chi connectivity index (χ1v) is 8.26. The minimum Gasteiger partial charge on any atom is -0.381 e. The maximum atomic E-state index is 13.7. The van der Waals surface area contributed by atoms with Gasteiger partial charge in [0.15, 0.2) is 0 Å². The number of rotatable bonds is 5. The number of nitrogens with zero attached hydrogens (tertiary/aromatic N) is 1. The molecule has 0 aliphatic carbocycles. The Morgan fingerprint density at radius 3 is 2.71 bits per heavy atom. The molecule has 1 N–H and O–H groups in total. The Kier molecular flexibility index (Phi) is 5.54. The van der Waals surface area contributed by atoms with Crippen LogP contribution in [0.4, 0.5) is 4.39 Å². The molecule has 1 aliphatic heterocycles. The molecule has 1 aliphatic rings. The summed E-state index contributed by atoms with van der Waals surface area (Å²) >= 11 is 0. The predicted molar refractivity (Wildman–Crippen MR) is 89.3 cm³/mol. The van der Waals surface area contributed by atoms with Crippen molar-refractivity contribution in [1.29, 1.82) is 0 Å². The summed E-state index contributed by atoms with van der Waals surface area (Å²) in [5, 5.41) is 2.95. The minimum atomic E-state index is -0.238. The molecule has 0 unspecified atom stereocenters. The second-order valence-corrected chi connectivity index (χ2v) is 6.07. The Morgan fingerprint density at radius 2 is 2.00 bits per heavy atom. The Hall–Kier alpha value is -2.27. The number of hydrogen-bond acceptors (Lipinski definition) is 3. The highest BCUT2D eigenvalue weighted by Gasteiger charge is 2.15. The molecular weight excluding hydrogens is 307 g/mol. The number of carbonyl (C=O) groups excluding carboxylic acids is 1. The van der Waals surface area contributed by atoms with Crippen molar-refractivity contribution in [3.8, 4) is 0 Å². The van der Waals surface area contributed by atoms with Gasteiger partial charge < -0.3 is 10.1 Å². The van der Waals surface area contributed by atoms with E-state index in [0.29, 0.717) is 30.0 Å². The lowest BCUT2D eigenvalue weighted by molar-refractivity contribution is 0.0642. The molecule has 2 aromatic rings. The number of carbonyl (C=O) groups is 1. The van der Waals surface area contributed by atoms with Gasteiger partial charge in [-0.3, -0.25) is 9.78 Å². The average Bonchev–Trinajstić information content (AvgIpc) is 2.63. The first-order chi connectivity index (χ1) is 11.7. The van der Waals surface area contributed by atoms with Crippen molar-refractivity contribution in [3.63, 3.8) is 0 Å². The topological polar surface area (TPSA) is 51.2 Å². The molecule has 0 spiro atoms. The van der Waals surface area contributed by atoms with Gasteiger partial charge in [-0.05, 0) is 42.5 Å². The molecule has 24 heavy (non-hydrogen) atoms. The van der Waals surface area contributed by atoms with Crippen LogP contribution in [-0.2, 0) is 11.2 Å². The predicted octanol–water partition coefficient (Wildman–Crippen LogP) is 2.97. The Bertz CT molecular complexity index is 682. The van der Waals surface area contributed by atoms with Gasteiger partial charge in [-0.1, -0.05) is 18.2 Å². The third kappa shape index (κ3) is 4.38. The Balaban J connectivity index is 1.55. The molecule has 2 heterocycles. The van der Waals surface area contributed by atoms with E-state index in [0.717, 1.165) is 31.7 Å². The van der Waals surface area contributed by atoms with E-state index in [2.05, 4.69) is 10.3 Å². The summed E-state index contributed by atoms with van der Waals surface area (Å²) < 4.78 is 19.0. The molecular formula is C19H21FN2O2. The third-order valence-corrected chi connectivity index (χ3v) is 4.31. The lowest BCUT2D eigenvalue weighted by atomic mass is 10.0. The molecule has 1 amide bonds. The highest BCUT2D eigenvalue weighted by Crippen LogP contribution is 2.14. The summed E-state index contributed by atoms with van der Waals surface area (Å²) in [6.45, 7) is 2.21. The number of benzene rings is 1. The van der Waals surface area contributed by atoms with Crippen LogP contribution in [0, 0.1) is 11.7 Å². The van der Waals surface area contributed by atoms with Crippen molar-refractivity contribution in [1.82, 2.24) is 10.3 Å². The van der Waals surface area contributed by atoms with Gasteiger partial charge in [0.1, 0.15) is 5.82 Å². The van der Waals surface area contributed by atoms with Crippen LogP contribution in [0.2, 0.25) is 0 Å². The molecule has 0 saturated carbocycles. The third-order valence-electron chi connectivity index (χ3n) is 4.31. The molecule has 1 aromatic carbocycles. The highest BCUT2D eigenvalue weighted by molar-refractivity contribution is 5.93. The Morgan fingerprint density at radius 1 is 1.21 bits per heavy atom. The average molecular weight is 328 g/mol. The number of ether oxygens (including phenoxy) is 1. The van der Waals surface area contributed by atoms with Crippen LogP contribution in [0.1, 0.15) is 34.5 Å².